The first-order valence-corrected chi connectivity index (χ1v) is 9.83. The maximum atomic E-state index is 12.7. The number of nitrogens with zero attached hydrogens (tertiary/aromatic N) is 1. The van der Waals surface area contributed by atoms with Crippen molar-refractivity contribution in [1.29, 1.82) is 0 Å². The Morgan fingerprint density at radius 3 is 2.75 bits per heavy atom. The highest BCUT2D eigenvalue weighted by Crippen LogP contribution is 2.33. The van der Waals surface area contributed by atoms with E-state index in [9.17, 15) is 19.2 Å². The van der Waals surface area contributed by atoms with Crippen LogP contribution in [0, 0.1) is 5.92 Å². The molecule has 2 fully saturated rings. The summed E-state index contributed by atoms with van der Waals surface area (Å²) < 4.78 is 0. The Morgan fingerprint density at radius 1 is 1.18 bits per heavy atom. The van der Waals surface area contributed by atoms with Crippen LogP contribution in [0.5, 0.6) is 0 Å². The maximum absolute atomic E-state index is 12.7. The van der Waals surface area contributed by atoms with Gasteiger partial charge >= 0.3 is 6.03 Å². The van der Waals surface area contributed by atoms with E-state index in [1.54, 1.807) is 18.2 Å². The zero-order chi connectivity index (χ0) is 19.7. The molecule has 1 unspecified atom stereocenters. The van der Waals surface area contributed by atoms with Crippen LogP contribution in [0.4, 0.5) is 10.5 Å². The van der Waals surface area contributed by atoms with Crippen molar-refractivity contribution in [1.82, 2.24) is 15.5 Å². The summed E-state index contributed by atoms with van der Waals surface area (Å²) >= 11 is 0. The predicted octanol–water partition coefficient (Wildman–Crippen LogP) is 1.76. The first-order chi connectivity index (χ1) is 13.5. The third-order valence-corrected chi connectivity index (χ3v) is 5.55. The molecule has 2 heterocycles. The highest BCUT2D eigenvalue weighted by Gasteiger charge is 2.39. The van der Waals surface area contributed by atoms with Crippen molar-refractivity contribution in [3.8, 4) is 0 Å². The van der Waals surface area contributed by atoms with Gasteiger partial charge in [-0.1, -0.05) is 12.8 Å². The van der Waals surface area contributed by atoms with E-state index in [2.05, 4.69) is 16.0 Å². The number of carbonyl (C=O) groups excluding carboxylic acids is 4. The van der Waals surface area contributed by atoms with Crippen molar-refractivity contribution in [2.24, 2.45) is 5.92 Å². The second kappa shape index (κ2) is 7.61. The third-order valence-electron chi connectivity index (χ3n) is 5.55. The molecule has 3 N–H and O–H groups in total. The molecule has 148 valence electrons. The summed E-state index contributed by atoms with van der Waals surface area (Å²) in [5.74, 6) is -0.103. The predicted molar refractivity (Wildman–Crippen MR) is 101 cm³/mol. The average molecular weight is 384 g/mol. The van der Waals surface area contributed by atoms with Crippen molar-refractivity contribution in [2.45, 2.75) is 51.1 Å². The monoisotopic (exact) mass is 384 g/mol. The van der Waals surface area contributed by atoms with Gasteiger partial charge in [0.2, 0.25) is 11.8 Å². The molecule has 1 saturated carbocycles. The molecule has 28 heavy (non-hydrogen) atoms. The summed E-state index contributed by atoms with van der Waals surface area (Å²) in [4.78, 5) is 49.6. The number of benzene rings is 1. The molecule has 2 aliphatic heterocycles. The van der Waals surface area contributed by atoms with Gasteiger partial charge in [-0.15, -0.1) is 0 Å². The van der Waals surface area contributed by atoms with Crippen LogP contribution in [0.2, 0.25) is 0 Å². The minimum Gasteiger partial charge on any atom is -0.338 e. The lowest BCUT2D eigenvalue weighted by Crippen LogP contribution is -2.52. The molecule has 0 bridgehead atoms. The number of fused-ring (bicyclic) bond motifs is 1. The van der Waals surface area contributed by atoms with E-state index in [4.69, 9.17) is 0 Å². The molecular weight excluding hydrogens is 360 g/mol. The van der Waals surface area contributed by atoms with E-state index >= 15 is 0 Å². The smallest absolute Gasteiger partial charge is 0.319 e. The van der Waals surface area contributed by atoms with Crippen molar-refractivity contribution < 1.29 is 19.2 Å². The van der Waals surface area contributed by atoms with Gasteiger partial charge in [-0.2, -0.15) is 0 Å². The van der Waals surface area contributed by atoms with Crippen molar-refractivity contribution >= 4 is 29.4 Å². The van der Waals surface area contributed by atoms with Gasteiger partial charge in [0, 0.05) is 30.8 Å². The Labute approximate surface area is 163 Å². The average Bonchev–Trinajstić information content (AvgIpc) is 3.43. The Balaban J connectivity index is 1.34. The van der Waals surface area contributed by atoms with Gasteiger partial charge in [-0.05, 0) is 48.9 Å². The second-order valence-electron chi connectivity index (χ2n) is 7.74. The van der Waals surface area contributed by atoms with Crippen molar-refractivity contribution in [2.75, 3.05) is 11.9 Å². The van der Waals surface area contributed by atoms with E-state index in [0.717, 1.165) is 24.3 Å². The number of imide groups is 1. The summed E-state index contributed by atoms with van der Waals surface area (Å²) in [5, 5.41) is 7.93. The standard InChI is InChI=1S/C20H24N4O4/c25-17-8-7-16(18(26)23-17)24-11-13-10-14(5-6-15(13)19(24)27)22-20(28)21-9-1-2-12-3-4-12/h5-6,10,12,16H,1-4,7-9,11H2,(H2,21,22,28)(H,23,25,26). The van der Waals surface area contributed by atoms with Gasteiger partial charge in [0.15, 0.2) is 0 Å². The first-order valence-electron chi connectivity index (χ1n) is 9.83. The molecule has 4 rings (SSSR count). The van der Waals surface area contributed by atoms with Crippen LogP contribution in [0.25, 0.3) is 0 Å². The number of hydrogen-bond acceptors (Lipinski definition) is 4. The Bertz CT molecular complexity index is 833. The third kappa shape index (κ3) is 4.00. The summed E-state index contributed by atoms with van der Waals surface area (Å²) in [5.41, 5.74) is 1.90. The molecule has 1 aromatic rings. The van der Waals surface area contributed by atoms with Gasteiger partial charge in [-0.3, -0.25) is 19.7 Å². The molecule has 1 aliphatic carbocycles. The number of nitrogens with one attached hydrogen (secondary N) is 3. The van der Waals surface area contributed by atoms with Crippen LogP contribution in [-0.2, 0) is 16.1 Å². The highest BCUT2D eigenvalue weighted by molar-refractivity contribution is 6.05. The van der Waals surface area contributed by atoms with Crippen molar-refractivity contribution in [3.05, 3.63) is 29.3 Å². The maximum Gasteiger partial charge on any atom is 0.319 e. The van der Waals surface area contributed by atoms with E-state index in [-0.39, 0.29) is 24.3 Å². The molecule has 0 radical (unpaired) electrons. The van der Waals surface area contributed by atoms with Gasteiger partial charge in [-0.25, -0.2) is 4.79 Å². The van der Waals surface area contributed by atoms with Crippen molar-refractivity contribution in [3.63, 3.8) is 0 Å². The number of hydrogen-bond donors (Lipinski definition) is 3. The molecule has 0 aromatic heterocycles. The molecule has 1 atom stereocenters. The number of piperidine rings is 1. The highest BCUT2D eigenvalue weighted by atomic mass is 16.2. The molecule has 8 nitrogen and oxygen atoms in total. The van der Waals surface area contributed by atoms with E-state index in [0.29, 0.717) is 30.8 Å². The summed E-state index contributed by atoms with van der Waals surface area (Å²) in [6.45, 7) is 0.939. The van der Waals surface area contributed by atoms with Crippen LogP contribution < -0.4 is 16.0 Å². The van der Waals surface area contributed by atoms with E-state index in [1.165, 1.54) is 17.7 Å². The topological polar surface area (TPSA) is 108 Å². The molecule has 5 amide bonds. The van der Waals surface area contributed by atoms with Crippen LogP contribution in [0.15, 0.2) is 18.2 Å². The van der Waals surface area contributed by atoms with Crippen LogP contribution >= 0.6 is 0 Å². The zero-order valence-electron chi connectivity index (χ0n) is 15.6. The molecule has 8 heteroatoms. The molecule has 1 aromatic carbocycles. The number of anilines is 1. The summed E-state index contributed by atoms with van der Waals surface area (Å²) in [7, 11) is 0. The Hall–Kier alpha value is -2.90. The van der Waals surface area contributed by atoms with Gasteiger partial charge in [0.25, 0.3) is 5.91 Å². The molecular formula is C20H24N4O4. The number of amides is 5. The van der Waals surface area contributed by atoms with Crippen LogP contribution in [-0.4, -0.2) is 41.2 Å². The Morgan fingerprint density at radius 2 is 2.00 bits per heavy atom. The lowest BCUT2D eigenvalue weighted by atomic mass is 10.0. The molecule has 1 saturated heterocycles. The van der Waals surface area contributed by atoms with Gasteiger partial charge in [0.05, 0.1) is 0 Å². The summed E-state index contributed by atoms with van der Waals surface area (Å²) in [6, 6.07) is 4.23. The van der Waals surface area contributed by atoms with E-state index < -0.39 is 11.9 Å². The first kappa shape index (κ1) is 18.5. The lowest BCUT2D eigenvalue weighted by molar-refractivity contribution is -0.136. The second-order valence-corrected chi connectivity index (χ2v) is 7.74. The number of carbonyl (C=O) groups is 4. The fraction of sp³-hybridized carbons (Fsp3) is 0.500. The van der Waals surface area contributed by atoms with E-state index in [1.807, 2.05) is 0 Å². The quantitative estimate of drug-likeness (QED) is 0.513. The molecule has 0 spiro atoms. The fourth-order valence-corrected chi connectivity index (χ4v) is 3.83. The number of urea groups is 1. The normalized spacial score (nSPS) is 21.4. The summed E-state index contributed by atoms with van der Waals surface area (Å²) in [6.07, 6.45) is 5.34. The minimum absolute atomic E-state index is 0.222. The fourth-order valence-electron chi connectivity index (χ4n) is 3.83. The van der Waals surface area contributed by atoms with Gasteiger partial charge < -0.3 is 15.5 Å². The number of rotatable bonds is 6. The largest absolute Gasteiger partial charge is 0.338 e. The zero-order valence-corrected chi connectivity index (χ0v) is 15.6. The van der Waals surface area contributed by atoms with Crippen LogP contribution in [0.3, 0.4) is 0 Å². The van der Waals surface area contributed by atoms with Gasteiger partial charge in [0.1, 0.15) is 6.04 Å². The van der Waals surface area contributed by atoms with Crippen LogP contribution in [0.1, 0.15) is 54.4 Å². The molecule has 3 aliphatic rings. The Kier molecular flexibility index (Phi) is 5.02. The SMILES string of the molecule is O=C1CCC(N2Cc3cc(NC(=O)NCCCC4CC4)ccc3C2=O)C(=O)N1. The minimum atomic E-state index is -0.635. The lowest BCUT2D eigenvalue weighted by Gasteiger charge is -2.29.